The van der Waals surface area contributed by atoms with Crippen molar-refractivity contribution in [3.05, 3.63) is 0 Å². The molecule has 0 saturated heterocycles. The molecule has 0 rings (SSSR count). The third-order valence-corrected chi connectivity index (χ3v) is 1.90. The minimum atomic E-state index is -0.944. The van der Waals surface area contributed by atoms with Gasteiger partial charge in [0.25, 0.3) is 0 Å². The number of ether oxygens (including phenoxy) is 1. The van der Waals surface area contributed by atoms with Gasteiger partial charge in [0.15, 0.2) is 6.10 Å². The molecule has 0 aromatic rings. The van der Waals surface area contributed by atoms with Gasteiger partial charge in [0, 0.05) is 0 Å². The van der Waals surface area contributed by atoms with E-state index in [2.05, 4.69) is 4.74 Å². The number of rotatable bonds is 5. The number of esters is 1. The van der Waals surface area contributed by atoms with E-state index >= 15 is 0 Å². The normalized spacial score (nSPS) is 13.4. The Hall–Kier alpha value is -1.14. The van der Waals surface area contributed by atoms with Crippen molar-refractivity contribution >= 4 is 11.9 Å². The summed E-state index contributed by atoms with van der Waals surface area (Å²) in [6.07, 6.45) is 0.0159. The molecule has 0 bridgehead atoms. The Morgan fingerprint density at radius 3 is 1.94 bits per heavy atom. The zero-order valence-corrected chi connectivity index (χ0v) is 10.8. The van der Waals surface area contributed by atoms with E-state index < -0.39 is 24.1 Å². The molecule has 0 amide bonds. The molecule has 0 spiro atoms. The molecule has 0 aliphatic carbocycles. The smallest absolute Gasteiger partial charge is 0.334 e. The summed E-state index contributed by atoms with van der Waals surface area (Å²) in [5.74, 6) is -1.12. The maximum absolute atomic E-state index is 10.3. The summed E-state index contributed by atoms with van der Waals surface area (Å²) in [5, 5.41) is 17.0. The van der Waals surface area contributed by atoms with Gasteiger partial charge >= 0.3 is 11.9 Å². The van der Waals surface area contributed by atoms with Crippen molar-refractivity contribution in [3.8, 4) is 0 Å². The minimum Gasteiger partial charge on any atom is -0.480 e. The van der Waals surface area contributed by atoms with Crippen molar-refractivity contribution in [3.63, 3.8) is 0 Å². The molecule has 0 aromatic heterocycles. The van der Waals surface area contributed by atoms with Crippen molar-refractivity contribution in [1.82, 2.24) is 0 Å². The molecule has 0 saturated carbocycles. The highest BCUT2D eigenvalue weighted by Crippen LogP contribution is 2.01. The average Bonchev–Trinajstić information content (AvgIpc) is 2.26. The lowest BCUT2D eigenvalue weighted by atomic mass is 10.1. The Labute approximate surface area is 102 Å². The van der Waals surface area contributed by atoms with E-state index in [9.17, 15) is 9.59 Å². The van der Waals surface area contributed by atoms with Crippen molar-refractivity contribution < 1.29 is 24.5 Å². The van der Waals surface area contributed by atoms with Crippen molar-refractivity contribution in [1.29, 1.82) is 0 Å². The number of carboxylic acids is 1. The fourth-order valence-electron chi connectivity index (χ4n) is 0.911. The number of hydrogen-bond donors (Lipinski definition) is 3. The van der Waals surface area contributed by atoms with Gasteiger partial charge in [-0.1, -0.05) is 20.8 Å². The van der Waals surface area contributed by atoms with Crippen LogP contribution in [0.2, 0.25) is 0 Å². The van der Waals surface area contributed by atoms with Gasteiger partial charge in [-0.3, -0.25) is 4.79 Å². The number of nitrogens with two attached hydrogens (primary N) is 1. The van der Waals surface area contributed by atoms with Crippen LogP contribution in [0.5, 0.6) is 0 Å². The second-order valence-corrected chi connectivity index (χ2v) is 4.02. The molecule has 4 N–H and O–H groups in total. The number of aliphatic hydroxyl groups is 1. The Kier molecular flexibility index (Phi) is 10.8. The second kappa shape index (κ2) is 10.0. The standard InChI is InChI=1S/C6H13NO2.C5H10O3/c1-4(2)3-5(7)6(8)9;1-3-4(6)5(7)8-2/h4-5H,3,7H2,1-2H3,(H,8,9);4,6H,3H2,1-2H3/t5-;/m0./s1. The second-order valence-electron chi connectivity index (χ2n) is 4.02. The van der Waals surface area contributed by atoms with Gasteiger partial charge in [-0.15, -0.1) is 0 Å². The van der Waals surface area contributed by atoms with Crippen LogP contribution in [0, 0.1) is 5.92 Å². The van der Waals surface area contributed by atoms with E-state index in [-0.39, 0.29) is 0 Å². The zero-order chi connectivity index (χ0) is 14.0. The summed E-state index contributed by atoms with van der Waals surface area (Å²) >= 11 is 0. The SMILES string of the molecule is CC(C)C[C@H](N)C(=O)O.CCC(O)C(=O)OC. The van der Waals surface area contributed by atoms with E-state index in [0.29, 0.717) is 18.8 Å². The number of hydrogen-bond acceptors (Lipinski definition) is 5. The molecule has 102 valence electrons. The lowest BCUT2D eigenvalue weighted by Crippen LogP contribution is -2.31. The van der Waals surface area contributed by atoms with Crippen LogP contribution in [0.25, 0.3) is 0 Å². The Morgan fingerprint density at radius 1 is 1.35 bits per heavy atom. The van der Waals surface area contributed by atoms with Gasteiger partial charge in [0.1, 0.15) is 6.04 Å². The highest BCUT2D eigenvalue weighted by Gasteiger charge is 2.12. The molecular formula is C11H23NO5. The molecule has 1 unspecified atom stereocenters. The molecular weight excluding hydrogens is 226 g/mol. The highest BCUT2D eigenvalue weighted by atomic mass is 16.5. The summed E-state index contributed by atoms with van der Waals surface area (Å²) in [7, 11) is 1.25. The third kappa shape index (κ3) is 11.1. The maximum Gasteiger partial charge on any atom is 0.334 e. The van der Waals surface area contributed by atoms with Gasteiger partial charge in [-0.05, 0) is 18.8 Å². The van der Waals surface area contributed by atoms with Crippen molar-refractivity contribution in [2.45, 2.75) is 45.8 Å². The number of carbonyl (C=O) groups is 2. The molecule has 2 atom stereocenters. The van der Waals surface area contributed by atoms with Crippen LogP contribution in [-0.2, 0) is 14.3 Å². The van der Waals surface area contributed by atoms with Crippen LogP contribution < -0.4 is 5.73 Å². The lowest BCUT2D eigenvalue weighted by Gasteiger charge is -2.07. The number of carbonyl (C=O) groups excluding carboxylic acids is 1. The van der Waals surface area contributed by atoms with E-state index in [1.807, 2.05) is 13.8 Å². The average molecular weight is 249 g/mol. The number of carboxylic acid groups (broad SMARTS) is 1. The van der Waals surface area contributed by atoms with Gasteiger partial charge in [-0.25, -0.2) is 4.79 Å². The van der Waals surface area contributed by atoms with Crippen LogP contribution in [0.4, 0.5) is 0 Å². The Bertz CT molecular complexity index is 230. The summed E-state index contributed by atoms with van der Waals surface area (Å²) < 4.78 is 4.21. The number of aliphatic carboxylic acids is 1. The fraction of sp³-hybridized carbons (Fsp3) is 0.818. The topological polar surface area (TPSA) is 110 Å². The first-order chi connectivity index (χ1) is 7.76. The molecule has 6 heteroatoms. The van der Waals surface area contributed by atoms with Gasteiger partial charge in [0.2, 0.25) is 0 Å². The predicted octanol–water partition coefficient (Wildman–Crippen LogP) is 0.375. The van der Waals surface area contributed by atoms with Crippen LogP contribution in [0.1, 0.15) is 33.6 Å². The fourth-order valence-corrected chi connectivity index (χ4v) is 0.911. The molecule has 0 heterocycles. The van der Waals surface area contributed by atoms with Crippen molar-refractivity contribution in [2.75, 3.05) is 7.11 Å². The summed E-state index contributed by atoms with van der Waals surface area (Å²) in [5.41, 5.74) is 5.22. The predicted molar refractivity (Wildman–Crippen MR) is 63.4 cm³/mol. The largest absolute Gasteiger partial charge is 0.480 e. The maximum atomic E-state index is 10.3. The summed E-state index contributed by atoms with van der Waals surface area (Å²) in [6, 6.07) is -0.690. The third-order valence-electron chi connectivity index (χ3n) is 1.90. The molecule has 0 aliphatic rings. The zero-order valence-electron chi connectivity index (χ0n) is 10.8. The Morgan fingerprint density at radius 2 is 1.82 bits per heavy atom. The lowest BCUT2D eigenvalue weighted by molar-refractivity contribution is -0.150. The van der Waals surface area contributed by atoms with Gasteiger partial charge in [0.05, 0.1) is 7.11 Å². The summed E-state index contributed by atoms with van der Waals surface area (Å²) in [6.45, 7) is 5.60. The molecule has 6 nitrogen and oxygen atoms in total. The van der Waals surface area contributed by atoms with Gasteiger partial charge in [-0.2, -0.15) is 0 Å². The molecule has 0 fully saturated rings. The Balaban J connectivity index is 0. The number of aliphatic hydroxyl groups excluding tert-OH is 1. The van der Waals surface area contributed by atoms with Gasteiger partial charge < -0.3 is 20.7 Å². The van der Waals surface area contributed by atoms with E-state index in [0.717, 1.165) is 0 Å². The monoisotopic (exact) mass is 249 g/mol. The molecule has 0 aliphatic heterocycles. The molecule has 17 heavy (non-hydrogen) atoms. The quantitative estimate of drug-likeness (QED) is 0.607. The first-order valence-corrected chi connectivity index (χ1v) is 5.50. The summed E-state index contributed by atoms with van der Waals surface area (Å²) in [4.78, 5) is 20.4. The van der Waals surface area contributed by atoms with Crippen molar-refractivity contribution in [2.24, 2.45) is 11.7 Å². The molecule has 0 radical (unpaired) electrons. The minimum absolute atomic E-state index is 0.357. The van der Waals surface area contributed by atoms with E-state index in [1.54, 1.807) is 6.92 Å². The van der Waals surface area contributed by atoms with Crippen LogP contribution in [-0.4, -0.2) is 41.4 Å². The van der Waals surface area contributed by atoms with E-state index in [4.69, 9.17) is 15.9 Å². The first-order valence-electron chi connectivity index (χ1n) is 5.50. The van der Waals surface area contributed by atoms with Crippen LogP contribution in [0.3, 0.4) is 0 Å². The van der Waals surface area contributed by atoms with E-state index in [1.165, 1.54) is 7.11 Å². The number of methoxy groups -OCH3 is 1. The van der Waals surface area contributed by atoms with Crippen LogP contribution in [0.15, 0.2) is 0 Å². The first kappa shape index (κ1) is 18.2. The highest BCUT2D eigenvalue weighted by molar-refractivity contribution is 5.74. The molecule has 0 aromatic carbocycles. The van der Waals surface area contributed by atoms with Crippen LogP contribution >= 0.6 is 0 Å².